The molecule has 1 aliphatic rings. The third kappa shape index (κ3) is 4.02. The lowest BCUT2D eigenvalue weighted by atomic mass is 10.2. The molecular weight excluding hydrogens is 272 g/mol. The van der Waals surface area contributed by atoms with Gasteiger partial charge in [0, 0.05) is 13.0 Å². The lowest BCUT2D eigenvalue weighted by molar-refractivity contribution is 0.135. The van der Waals surface area contributed by atoms with E-state index in [-0.39, 0.29) is 13.2 Å². The maximum atomic E-state index is 11.6. The maximum Gasteiger partial charge on any atom is 0.452 e. The minimum Gasteiger partial charge on any atom is -0.448 e. The van der Waals surface area contributed by atoms with E-state index in [0.717, 1.165) is 0 Å². The van der Waals surface area contributed by atoms with Gasteiger partial charge in [0.05, 0.1) is 6.61 Å². The van der Waals surface area contributed by atoms with E-state index in [9.17, 15) is 13.2 Å². The Morgan fingerprint density at radius 1 is 1.32 bits per heavy atom. The summed E-state index contributed by atoms with van der Waals surface area (Å²) in [4.78, 5) is 11.4. The van der Waals surface area contributed by atoms with Crippen LogP contribution in [0.25, 0.3) is 0 Å². The van der Waals surface area contributed by atoms with E-state index in [1.54, 1.807) is 24.3 Å². The largest absolute Gasteiger partial charge is 0.452 e. The van der Waals surface area contributed by atoms with Crippen molar-refractivity contribution in [1.29, 1.82) is 0 Å². The summed E-state index contributed by atoms with van der Waals surface area (Å²) in [5.41, 5.74) is 0.704. The van der Waals surface area contributed by atoms with Crippen molar-refractivity contribution in [3.8, 4) is 0 Å². The molecular formula is C12H14O6S. The Balaban J connectivity index is 1.87. The van der Waals surface area contributed by atoms with Crippen LogP contribution in [0.4, 0.5) is 4.79 Å². The van der Waals surface area contributed by atoms with Gasteiger partial charge in [0.1, 0.15) is 12.7 Å². The second-order valence-corrected chi connectivity index (χ2v) is 5.49. The number of carbonyl (C=O) groups excluding carboxylic acids is 1. The normalized spacial score (nSPS) is 19.3. The molecule has 1 aromatic rings. The average Bonchev–Trinajstić information content (AvgIpc) is 2.89. The average molecular weight is 286 g/mol. The van der Waals surface area contributed by atoms with Gasteiger partial charge in [-0.3, -0.25) is 4.18 Å². The Labute approximate surface area is 111 Å². The number of rotatable bonds is 4. The van der Waals surface area contributed by atoms with Gasteiger partial charge < -0.3 is 9.47 Å². The second-order valence-electron chi connectivity index (χ2n) is 4.06. The monoisotopic (exact) mass is 286 g/mol. The molecule has 1 fully saturated rings. The first-order valence-electron chi connectivity index (χ1n) is 5.79. The van der Waals surface area contributed by atoms with Gasteiger partial charge in [0.25, 0.3) is 0 Å². The van der Waals surface area contributed by atoms with Crippen LogP contribution in [0.1, 0.15) is 12.0 Å². The van der Waals surface area contributed by atoms with Crippen LogP contribution in [-0.4, -0.2) is 33.0 Å². The number of ether oxygens (including phenoxy) is 2. The molecule has 0 saturated carbocycles. The van der Waals surface area contributed by atoms with Crippen LogP contribution in [-0.2, 0) is 30.4 Å². The summed E-state index contributed by atoms with van der Waals surface area (Å²) in [6.07, 6.45) is -0.153. The number of hydrogen-bond donors (Lipinski definition) is 0. The van der Waals surface area contributed by atoms with Crippen molar-refractivity contribution in [3.05, 3.63) is 35.9 Å². The summed E-state index contributed by atoms with van der Waals surface area (Å²) in [7, 11) is -4.35. The van der Waals surface area contributed by atoms with E-state index in [2.05, 4.69) is 0 Å². The topological polar surface area (TPSA) is 78.9 Å². The van der Waals surface area contributed by atoms with Gasteiger partial charge in [-0.25, -0.2) is 4.79 Å². The highest BCUT2D eigenvalue weighted by Gasteiger charge is 2.31. The molecule has 1 aromatic carbocycles. The molecule has 104 valence electrons. The second kappa shape index (κ2) is 6.14. The van der Waals surface area contributed by atoms with Gasteiger partial charge in [-0.05, 0) is 5.56 Å². The molecule has 0 aliphatic carbocycles. The van der Waals surface area contributed by atoms with E-state index in [1.807, 2.05) is 6.07 Å². The van der Waals surface area contributed by atoms with Gasteiger partial charge in [-0.1, -0.05) is 30.3 Å². The quantitative estimate of drug-likeness (QED) is 0.616. The molecule has 2 rings (SSSR count). The van der Waals surface area contributed by atoms with Crippen molar-refractivity contribution >= 4 is 15.4 Å². The van der Waals surface area contributed by atoms with Crippen molar-refractivity contribution in [3.63, 3.8) is 0 Å². The molecule has 1 atom stereocenters. The van der Waals surface area contributed by atoms with Gasteiger partial charge in [-0.15, -0.1) is 0 Å². The lowest BCUT2D eigenvalue weighted by Gasteiger charge is -2.09. The Kier molecular flexibility index (Phi) is 4.52. The highest BCUT2D eigenvalue weighted by molar-refractivity contribution is 8.01. The molecule has 1 heterocycles. The molecule has 6 nitrogen and oxygen atoms in total. The molecule has 7 heteroatoms. The zero-order valence-electron chi connectivity index (χ0n) is 10.2. The Morgan fingerprint density at radius 3 is 2.68 bits per heavy atom. The molecule has 1 aliphatic heterocycles. The molecule has 0 amide bonds. The van der Waals surface area contributed by atoms with Crippen LogP contribution in [0.2, 0.25) is 0 Å². The fourth-order valence-corrected chi connectivity index (χ4v) is 2.39. The zero-order valence-corrected chi connectivity index (χ0v) is 11.0. The summed E-state index contributed by atoms with van der Waals surface area (Å²) in [6, 6.07) is 8.80. The van der Waals surface area contributed by atoms with Crippen LogP contribution in [0.3, 0.4) is 0 Å². The smallest absolute Gasteiger partial charge is 0.448 e. The highest BCUT2D eigenvalue weighted by Crippen LogP contribution is 2.13. The van der Waals surface area contributed by atoms with E-state index in [1.165, 1.54) is 0 Å². The maximum absolute atomic E-state index is 11.6. The third-order valence-electron chi connectivity index (χ3n) is 2.55. The Morgan fingerprint density at radius 2 is 2.05 bits per heavy atom. The minimum absolute atomic E-state index is 0.108. The van der Waals surface area contributed by atoms with Crippen molar-refractivity contribution < 1.29 is 26.9 Å². The van der Waals surface area contributed by atoms with Crippen LogP contribution in [0, 0.1) is 0 Å². The molecule has 0 radical (unpaired) electrons. The molecule has 0 N–H and O–H groups in total. The predicted octanol–water partition coefficient (Wildman–Crippen LogP) is 1.46. The Hall–Kier alpha value is -1.44. The molecule has 19 heavy (non-hydrogen) atoms. The first-order chi connectivity index (χ1) is 9.08. The van der Waals surface area contributed by atoms with E-state index in [0.29, 0.717) is 18.6 Å². The highest BCUT2D eigenvalue weighted by atomic mass is 32.2. The fraction of sp³-hybridized carbons (Fsp3) is 0.417. The van der Waals surface area contributed by atoms with Crippen LogP contribution >= 0.6 is 0 Å². The summed E-state index contributed by atoms with van der Waals surface area (Å²) < 4.78 is 37.5. The number of carbonyl (C=O) groups is 1. The van der Waals surface area contributed by atoms with Crippen LogP contribution in [0.15, 0.2) is 30.3 Å². The fourth-order valence-electron chi connectivity index (χ4n) is 1.60. The molecule has 0 spiro atoms. The minimum atomic E-state index is -4.35. The summed E-state index contributed by atoms with van der Waals surface area (Å²) in [5.74, 6) is 0. The SMILES string of the molecule is O=C(OCc1ccccc1)S(=O)(=O)O[C@@H]1CCOC1. The summed E-state index contributed by atoms with van der Waals surface area (Å²) in [6.45, 7) is 0.494. The summed E-state index contributed by atoms with van der Waals surface area (Å²) in [5, 5.41) is -1.37. The van der Waals surface area contributed by atoms with Crippen molar-refractivity contribution in [2.75, 3.05) is 13.2 Å². The number of benzene rings is 1. The molecule has 1 saturated heterocycles. The van der Waals surface area contributed by atoms with Gasteiger partial charge >= 0.3 is 15.4 Å². The van der Waals surface area contributed by atoms with Crippen molar-refractivity contribution in [1.82, 2.24) is 0 Å². The molecule has 0 aromatic heterocycles. The first kappa shape index (κ1) is 14.0. The van der Waals surface area contributed by atoms with Crippen LogP contribution < -0.4 is 0 Å². The third-order valence-corrected chi connectivity index (χ3v) is 3.61. The van der Waals surface area contributed by atoms with Crippen molar-refractivity contribution in [2.45, 2.75) is 19.1 Å². The predicted molar refractivity (Wildman–Crippen MR) is 65.9 cm³/mol. The van der Waals surface area contributed by atoms with Gasteiger partial charge in [0.15, 0.2) is 0 Å². The van der Waals surface area contributed by atoms with Crippen molar-refractivity contribution in [2.24, 2.45) is 0 Å². The van der Waals surface area contributed by atoms with E-state index in [4.69, 9.17) is 13.7 Å². The lowest BCUT2D eigenvalue weighted by Crippen LogP contribution is -2.25. The van der Waals surface area contributed by atoms with E-state index >= 15 is 0 Å². The molecule has 0 unspecified atom stereocenters. The zero-order chi connectivity index (χ0) is 13.7. The summed E-state index contributed by atoms with van der Waals surface area (Å²) >= 11 is 0. The standard InChI is InChI=1S/C12H14O6S/c13-12(17-8-10-4-2-1-3-5-10)19(14,15)18-11-6-7-16-9-11/h1-5,11H,6-9H2/t11-/m1/s1. The van der Waals surface area contributed by atoms with Gasteiger partial charge in [0.2, 0.25) is 0 Å². The van der Waals surface area contributed by atoms with Gasteiger partial charge in [-0.2, -0.15) is 8.42 Å². The number of hydrogen-bond acceptors (Lipinski definition) is 6. The first-order valence-corrected chi connectivity index (χ1v) is 7.20. The van der Waals surface area contributed by atoms with E-state index < -0.39 is 21.5 Å². The Bertz CT molecular complexity index is 518. The molecule has 0 bridgehead atoms. The van der Waals surface area contributed by atoms with Crippen LogP contribution in [0.5, 0.6) is 0 Å².